The van der Waals surface area contributed by atoms with Crippen molar-refractivity contribution in [3.8, 4) is 11.1 Å². The molecule has 0 saturated carbocycles. The summed E-state index contributed by atoms with van der Waals surface area (Å²) in [7, 11) is 0. The van der Waals surface area contributed by atoms with Crippen molar-refractivity contribution in [1.82, 2.24) is 0 Å². The number of hydrogen-bond donors (Lipinski definition) is 4. The zero-order valence-corrected chi connectivity index (χ0v) is 11.9. The van der Waals surface area contributed by atoms with E-state index in [-0.39, 0.29) is 16.7 Å². The van der Waals surface area contributed by atoms with Gasteiger partial charge in [-0.3, -0.25) is 0 Å². The Hall–Kier alpha value is -3.68. The van der Waals surface area contributed by atoms with Crippen molar-refractivity contribution in [1.29, 1.82) is 0 Å². The fraction of sp³-hybridized carbons (Fsp3) is 0. The van der Waals surface area contributed by atoms with E-state index in [0.717, 1.165) is 12.1 Å². The SMILES string of the molecule is O=C(O)c1cc(C(=O)O)c(C(=O)O)c(-c2ccccc2C(=O)O)c1. The molecule has 122 valence electrons. The van der Waals surface area contributed by atoms with Crippen LogP contribution in [-0.4, -0.2) is 44.3 Å². The van der Waals surface area contributed by atoms with Crippen LogP contribution in [0.1, 0.15) is 41.4 Å². The summed E-state index contributed by atoms with van der Waals surface area (Å²) in [5.74, 6) is -6.08. The van der Waals surface area contributed by atoms with Gasteiger partial charge in [0.15, 0.2) is 0 Å². The van der Waals surface area contributed by atoms with E-state index >= 15 is 0 Å². The van der Waals surface area contributed by atoms with Gasteiger partial charge in [0.1, 0.15) is 0 Å². The summed E-state index contributed by atoms with van der Waals surface area (Å²) in [6.45, 7) is 0. The molecule has 8 heteroatoms. The lowest BCUT2D eigenvalue weighted by atomic mass is 9.90. The van der Waals surface area contributed by atoms with Crippen LogP contribution in [0.5, 0.6) is 0 Å². The third-order valence-corrected chi connectivity index (χ3v) is 3.28. The van der Waals surface area contributed by atoms with Crippen molar-refractivity contribution >= 4 is 23.9 Å². The van der Waals surface area contributed by atoms with E-state index in [9.17, 15) is 34.5 Å². The molecular formula is C16H10O8. The molecule has 4 N–H and O–H groups in total. The highest BCUT2D eigenvalue weighted by molar-refractivity contribution is 6.10. The molecule has 0 spiro atoms. The summed E-state index contributed by atoms with van der Waals surface area (Å²) in [6, 6.07) is 6.99. The predicted octanol–water partition coefficient (Wildman–Crippen LogP) is 2.15. The van der Waals surface area contributed by atoms with Gasteiger partial charge in [-0.1, -0.05) is 18.2 Å². The molecule has 0 aliphatic rings. The molecular weight excluding hydrogens is 320 g/mol. The first kappa shape index (κ1) is 16.7. The van der Waals surface area contributed by atoms with E-state index in [0.29, 0.717) is 0 Å². The molecule has 0 heterocycles. The molecule has 0 aliphatic carbocycles. The summed E-state index contributed by atoms with van der Waals surface area (Å²) in [4.78, 5) is 45.4. The lowest BCUT2D eigenvalue weighted by Gasteiger charge is -2.13. The molecule has 24 heavy (non-hydrogen) atoms. The summed E-state index contributed by atoms with van der Waals surface area (Å²) >= 11 is 0. The molecule has 0 unspecified atom stereocenters. The molecule has 0 radical (unpaired) electrons. The van der Waals surface area contributed by atoms with Crippen molar-refractivity contribution in [2.75, 3.05) is 0 Å². The highest BCUT2D eigenvalue weighted by Crippen LogP contribution is 2.31. The Balaban J connectivity index is 2.97. The zero-order valence-electron chi connectivity index (χ0n) is 11.9. The molecule has 0 bridgehead atoms. The van der Waals surface area contributed by atoms with Crippen LogP contribution < -0.4 is 0 Å². The fourth-order valence-corrected chi connectivity index (χ4v) is 2.28. The lowest BCUT2D eigenvalue weighted by Crippen LogP contribution is -2.13. The number of rotatable bonds is 5. The van der Waals surface area contributed by atoms with Gasteiger partial charge in [0.25, 0.3) is 0 Å². The standard InChI is InChI=1S/C16H10O8/c17-13(18)7-5-10(8-3-1-2-4-9(8)14(19)20)12(16(23)24)11(6-7)15(21)22/h1-6H,(H,17,18)(H,19,20)(H,21,22)(H,23,24). The van der Waals surface area contributed by atoms with Crippen molar-refractivity contribution in [3.63, 3.8) is 0 Å². The predicted molar refractivity (Wildman–Crippen MR) is 79.7 cm³/mol. The molecule has 0 aromatic heterocycles. The second-order valence-corrected chi connectivity index (χ2v) is 4.71. The number of aromatic carboxylic acids is 4. The van der Waals surface area contributed by atoms with E-state index < -0.39 is 40.6 Å². The number of carbonyl (C=O) groups is 4. The van der Waals surface area contributed by atoms with E-state index in [1.165, 1.54) is 24.3 Å². The van der Waals surface area contributed by atoms with Gasteiger partial charge in [-0.25, -0.2) is 19.2 Å². The third kappa shape index (κ3) is 2.93. The second kappa shape index (κ2) is 6.21. The summed E-state index contributed by atoms with van der Waals surface area (Å²) < 4.78 is 0. The molecule has 8 nitrogen and oxygen atoms in total. The molecule has 0 aliphatic heterocycles. The normalized spacial score (nSPS) is 10.2. The molecule has 0 saturated heterocycles. The Labute approximate surface area is 134 Å². The fourth-order valence-electron chi connectivity index (χ4n) is 2.28. The minimum atomic E-state index is -1.63. The lowest BCUT2D eigenvalue weighted by molar-refractivity contribution is 0.0650. The second-order valence-electron chi connectivity index (χ2n) is 4.71. The topological polar surface area (TPSA) is 149 Å². The molecule has 0 amide bonds. The monoisotopic (exact) mass is 330 g/mol. The Bertz CT molecular complexity index is 882. The van der Waals surface area contributed by atoms with E-state index in [2.05, 4.69) is 0 Å². The van der Waals surface area contributed by atoms with E-state index in [1.54, 1.807) is 0 Å². The first-order valence-corrected chi connectivity index (χ1v) is 6.44. The average Bonchev–Trinajstić information content (AvgIpc) is 2.53. The Morgan fingerprint density at radius 2 is 1.21 bits per heavy atom. The first-order valence-electron chi connectivity index (χ1n) is 6.44. The number of benzene rings is 2. The van der Waals surface area contributed by atoms with Crippen LogP contribution >= 0.6 is 0 Å². The quantitative estimate of drug-likeness (QED) is 0.651. The number of hydrogen-bond acceptors (Lipinski definition) is 4. The molecule has 2 rings (SSSR count). The molecule has 2 aromatic carbocycles. The van der Waals surface area contributed by atoms with Gasteiger partial charge >= 0.3 is 23.9 Å². The van der Waals surface area contributed by atoms with Crippen LogP contribution in [0.2, 0.25) is 0 Å². The van der Waals surface area contributed by atoms with Gasteiger partial charge in [-0.05, 0) is 29.3 Å². The van der Waals surface area contributed by atoms with Gasteiger partial charge in [0.05, 0.1) is 22.3 Å². The van der Waals surface area contributed by atoms with Crippen LogP contribution in [0.15, 0.2) is 36.4 Å². The van der Waals surface area contributed by atoms with Gasteiger partial charge in [0.2, 0.25) is 0 Å². The van der Waals surface area contributed by atoms with Gasteiger partial charge in [-0.2, -0.15) is 0 Å². The minimum Gasteiger partial charge on any atom is -0.478 e. The van der Waals surface area contributed by atoms with Crippen LogP contribution in [0, 0.1) is 0 Å². The van der Waals surface area contributed by atoms with Crippen molar-refractivity contribution in [2.45, 2.75) is 0 Å². The number of carboxylic acids is 4. The van der Waals surface area contributed by atoms with E-state index in [4.69, 9.17) is 5.11 Å². The Morgan fingerprint density at radius 3 is 1.71 bits per heavy atom. The van der Waals surface area contributed by atoms with Crippen molar-refractivity contribution in [3.05, 3.63) is 58.7 Å². The summed E-state index contributed by atoms with van der Waals surface area (Å²) in [6.07, 6.45) is 0. The molecule has 0 fully saturated rings. The van der Waals surface area contributed by atoms with Gasteiger partial charge in [0, 0.05) is 0 Å². The average molecular weight is 330 g/mol. The maximum absolute atomic E-state index is 11.5. The molecule has 0 atom stereocenters. The van der Waals surface area contributed by atoms with E-state index in [1.807, 2.05) is 0 Å². The van der Waals surface area contributed by atoms with Crippen LogP contribution in [0.25, 0.3) is 11.1 Å². The summed E-state index contributed by atoms with van der Waals surface area (Å²) in [5, 5.41) is 36.9. The smallest absolute Gasteiger partial charge is 0.337 e. The van der Waals surface area contributed by atoms with Crippen molar-refractivity contribution in [2.24, 2.45) is 0 Å². The zero-order chi connectivity index (χ0) is 18.0. The maximum Gasteiger partial charge on any atom is 0.337 e. The Morgan fingerprint density at radius 1 is 0.625 bits per heavy atom. The van der Waals surface area contributed by atoms with Crippen molar-refractivity contribution < 1.29 is 39.6 Å². The summed E-state index contributed by atoms with van der Waals surface area (Å²) in [5.41, 5.74) is -2.55. The van der Waals surface area contributed by atoms with Crippen LogP contribution in [-0.2, 0) is 0 Å². The number of carboxylic acid groups (broad SMARTS) is 4. The van der Waals surface area contributed by atoms with Gasteiger partial charge < -0.3 is 20.4 Å². The van der Waals surface area contributed by atoms with Gasteiger partial charge in [-0.15, -0.1) is 0 Å². The maximum atomic E-state index is 11.5. The minimum absolute atomic E-state index is 0.0898. The highest BCUT2D eigenvalue weighted by Gasteiger charge is 2.26. The van der Waals surface area contributed by atoms with Crippen LogP contribution in [0.3, 0.4) is 0 Å². The first-order chi connectivity index (χ1) is 11.2. The largest absolute Gasteiger partial charge is 0.478 e. The highest BCUT2D eigenvalue weighted by atomic mass is 16.4. The van der Waals surface area contributed by atoms with Crippen LogP contribution in [0.4, 0.5) is 0 Å². The molecule has 2 aromatic rings. The third-order valence-electron chi connectivity index (χ3n) is 3.28. The Kier molecular flexibility index (Phi) is 4.32.